The van der Waals surface area contributed by atoms with Crippen molar-refractivity contribution in [1.29, 1.82) is 0 Å². The van der Waals surface area contributed by atoms with Gasteiger partial charge in [0, 0.05) is 50.3 Å². The maximum Gasteiger partial charge on any atom is 0.258 e. The second-order valence-corrected chi connectivity index (χ2v) is 9.05. The van der Waals surface area contributed by atoms with Gasteiger partial charge in [-0.25, -0.2) is 4.98 Å². The van der Waals surface area contributed by atoms with Crippen LogP contribution in [0.4, 0.5) is 0 Å². The zero-order valence-electron chi connectivity index (χ0n) is 16.3. The fraction of sp³-hybridized carbons (Fsp3) is 0.591. The summed E-state index contributed by atoms with van der Waals surface area (Å²) in [4.78, 5) is 34.0. The predicted octanol–water partition coefficient (Wildman–Crippen LogP) is 2.31. The molecule has 2 aliphatic heterocycles. The van der Waals surface area contributed by atoms with Crippen molar-refractivity contribution >= 4 is 11.6 Å². The summed E-state index contributed by atoms with van der Waals surface area (Å²) in [6, 6.07) is 7.31. The highest BCUT2D eigenvalue weighted by Gasteiger charge is 2.42. The Labute approximate surface area is 165 Å². The van der Waals surface area contributed by atoms with Crippen LogP contribution in [0.5, 0.6) is 0 Å². The lowest BCUT2D eigenvalue weighted by molar-refractivity contribution is -0.139. The summed E-state index contributed by atoms with van der Waals surface area (Å²) < 4.78 is 1.59. The van der Waals surface area contributed by atoms with Gasteiger partial charge in [0.2, 0.25) is 5.91 Å². The van der Waals surface area contributed by atoms with E-state index in [1.165, 1.54) is 19.3 Å². The van der Waals surface area contributed by atoms with Crippen molar-refractivity contribution < 1.29 is 4.79 Å². The molecule has 0 N–H and O–H groups in total. The third-order valence-electron chi connectivity index (χ3n) is 6.67. The summed E-state index contributed by atoms with van der Waals surface area (Å²) in [6.45, 7) is 4.61. The van der Waals surface area contributed by atoms with Gasteiger partial charge >= 0.3 is 0 Å². The van der Waals surface area contributed by atoms with Crippen LogP contribution in [0, 0.1) is 11.3 Å². The van der Waals surface area contributed by atoms with Crippen molar-refractivity contribution in [3.05, 3.63) is 46.5 Å². The molecule has 4 heterocycles. The number of fused-ring (bicyclic) bond motifs is 1. The minimum absolute atomic E-state index is 0.0220. The summed E-state index contributed by atoms with van der Waals surface area (Å²) in [7, 11) is 0. The van der Waals surface area contributed by atoms with Gasteiger partial charge in [-0.1, -0.05) is 6.07 Å². The number of amides is 1. The smallest absolute Gasteiger partial charge is 0.258 e. The third-order valence-corrected chi connectivity index (χ3v) is 6.67. The Morgan fingerprint density at radius 3 is 2.89 bits per heavy atom. The lowest BCUT2D eigenvalue weighted by atomic mass is 9.73. The number of pyridine rings is 1. The van der Waals surface area contributed by atoms with E-state index in [1.807, 2.05) is 18.2 Å². The molecule has 1 saturated carbocycles. The number of hydrogen-bond donors (Lipinski definition) is 0. The molecule has 0 unspecified atom stereocenters. The molecule has 5 rings (SSSR count). The average molecular weight is 380 g/mol. The Bertz CT molecular complexity index is 951. The molecule has 1 aliphatic carbocycles. The molecular formula is C22H28N4O2. The second kappa shape index (κ2) is 6.99. The quantitative estimate of drug-likeness (QED) is 0.817. The summed E-state index contributed by atoms with van der Waals surface area (Å²) in [5.74, 6) is 1.09. The molecule has 3 fully saturated rings. The average Bonchev–Trinajstić information content (AvgIpc) is 3.49. The number of hydrogen-bond acceptors (Lipinski definition) is 4. The SMILES string of the molecule is O=C1CC[C@@]2(CCCN(Cc3cc(=O)n4ccccc4n3)C2)CN1CC1CC1. The summed E-state index contributed by atoms with van der Waals surface area (Å²) in [6.07, 6.45) is 8.37. The first-order valence-corrected chi connectivity index (χ1v) is 10.6. The molecule has 2 saturated heterocycles. The number of carbonyl (C=O) groups excluding carboxylic acids is 1. The fourth-order valence-corrected chi connectivity index (χ4v) is 5.07. The van der Waals surface area contributed by atoms with Gasteiger partial charge in [-0.3, -0.25) is 18.9 Å². The topological polar surface area (TPSA) is 57.9 Å². The first-order chi connectivity index (χ1) is 13.6. The fourth-order valence-electron chi connectivity index (χ4n) is 5.07. The van der Waals surface area contributed by atoms with Gasteiger partial charge in [0.05, 0.1) is 5.69 Å². The molecule has 28 heavy (non-hydrogen) atoms. The molecule has 6 nitrogen and oxygen atoms in total. The molecule has 148 valence electrons. The van der Waals surface area contributed by atoms with E-state index in [1.54, 1.807) is 16.7 Å². The van der Waals surface area contributed by atoms with Crippen LogP contribution in [0.15, 0.2) is 35.3 Å². The van der Waals surface area contributed by atoms with E-state index in [9.17, 15) is 9.59 Å². The lowest BCUT2D eigenvalue weighted by Crippen LogP contribution is -2.54. The van der Waals surface area contributed by atoms with E-state index >= 15 is 0 Å². The van der Waals surface area contributed by atoms with Gasteiger partial charge in [-0.15, -0.1) is 0 Å². The normalized spacial score (nSPS) is 26.3. The molecule has 1 amide bonds. The van der Waals surface area contributed by atoms with E-state index in [-0.39, 0.29) is 11.0 Å². The zero-order valence-corrected chi connectivity index (χ0v) is 16.3. The first kappa shape index (κ1) is 17.9. The molecule has 0 aromatic carbocycles. The first-order valence-electron chi connectivity index (χ1n) is 10.6. The number of likely N-dealkylation sites (tertiary alicyclic amines) is 2. The van der Waals surface area contributed by atoms with Crippen molar-refractivity contribution in [3.8, 4) is 0 Å². The van der Waals surface area contributed by atoms with Crippen molar-refractivity contribution in [2.24, 2.45) is 11.3 Å². The minimum Gasteiger partial charge on any atom is -0.342 e. The van der Waals surface area contributed by atoms with Crippen LogP contribution < -0.4 is 5.56 Å². The molecule has 2 aromatic rings. The van der Waals surface area contributed by atoms with Gasteiger partial charge < -0.3 is 4.90 Å². The third kappa shape index (κ3) is 3.58. The van der Waals surface area contributed by atoms with E-state index < -0.39 is 0 Å². The summed E-state index contributed by atoms with van der Waals surface area (Å²) in [5.41, 5.74) is 1.74. The number of nitrogens with zero attached hydrogens (tertiary/aromatic N) is 4. The Hall–Kier alpha value is -2.21. The van der Waals surface area contributed by atoms with E-state index in [4.69, 9.17) is 4.98 Å². The van der Waals surface area contributed by atoms with Crippen molar-refractivity contribution in [1.82, 2.24) is 19.2 Å². The van der Waals surface area contributed by atoms with Crippen molar-refractivity contribution in [2.45, 2.75) is 45.1 Å². The van der Waals surface area contributed by atoms with E-state index in [0.717, 1.165) is 50.6 Å². The standard InChI is InChI=1S/C22H28N4O2/c27-20-7-9-22(16-25(20)13-17-5-6-17)8-3-10-24(15-22)14-18-12-21(28)26-11-2-1-4-19(26)23-18/h1-2,4,11-12,17H,3,5-10,13-16H2/t22-/m1/s1. The van der Waals surface area contributed by atoms with Crippen molar-refractivity contribution in [2.75, 3.05) is 26.2 Å². The van der Waals surface area contributed by atoms with Gasteiger partial charge in [-0.2, -0.15) is 0 Å². The van der Waals surface area contributed by atoms with Crippen LogP contribution in [0.3, 0.4) is 0 Å². The van der Waals surface area contributed by atoms with Crippen LogP contribution in [-0.4, -0.2) is 51.3 Å². The zero-order chi connectivity index (χ0) is 19.1. The summed E-state index contributed by atoms with van der Waals surface area (Å²) >= 11 is 0. The largest absolute Gasteiger partial charge is 0.342 e. The van der Waals surface area contributed by atoms with Crippen LogP contribution >= 0.6 is 0 Å². The number of rotatable bonds is 4. The summed E-state index contributed by atoms with van der Waals surface area (Å²) in [5, 5.41) is 0. The maximum atomic E-state index is 12.4. The number of aromatic nitrogens is 2. The van der Waals surface area contributed by atoms with Crippen molar-refractivity contribution in [3.63, 3.8) is 0 Å². The van der Waals surface area contributed by atoms with Gasteiger partial charge in [-0.05, 0) is 56.7 Å². The minimum atomic E-state index is -0.0220. The van der Waals surface area contributed by atoms with Crippen LogP contribution in [0.25, 0.3) is 5.65 Å². The predicted molar refractivity (Wildman–Crippen MR) is 107 cm³/mol. The van der Waals surface area contributed by atoms with Gasteiger partial charge in [0.15, 0.2) is 0 Å². The monoisotopic (exact) mass is 380 g/mol. The molecule has 1 atom stereocenters. The number of piperidine rings is 2. The molecule has 2 aromatic heterocycles. The second-order valence-electron chi connectivity index (χ2n) is 9.05. The molecular weight excluding hydrogens is 352 g/mol. The lowest BCUT2D eigenvalue weighted by Gasteiger charge is -2.48. The molecule has 1 spiro atoms. The molecule has 0 bridgehead atoms. The van der Waals surface area contributed by atoms with E-state index in [2.05, 4.69) is 9.80 Å². The van der Waals surface area contributed by atoms with Gasteiger partial charge in [0.1, 0.15) is 5.65 Å². The van der Waals surface area contributed by atoms with E-state index in [0.29, 0.717) is 24.5 Å². The highest BCUT2D eigenvalue weighted by Crippen LogP contribution is 2.40. The Balaban J connectivity index is 1.31. The molecule has 0 radical (unpaired) electrons. The highest BCUT2D eigenvalue weighted by atomic mass is 16.2. The van der Waals surface area contributed by atoms with Gasteiger partial charge in [0.25, 0.3) is 5.56 Å². The van der Waals surface area contributed by atoms with Crippen LogP contribution in [0.2, 0.25) is 0 Å². The Morgan fingerprint density at radius 1 is 1.14 bits per heavy atom. The maximum absolute atomic E-state index is 12.4. The Morgan fingerprint density at radius 2 is 2.04 bits per heavy atom. The molecule has 6 heteroatoms. The van der Waals surface area contributed by atoms with Crippen LogP contribution in [-0.2, 0) is 11.3 Å². The number of carbonyl (C=O) groups is 1. The molecule has 3 aliphatic rings. The highest BCUT2D eigenvalue weighted by molar-refractivity contribution is 5.77. The Kier molecular flexibility index (Phi) is 4.46. The van der Waals surface area contributed by atoms with Crippen LogP contribution in [0.1, 0.15) is 44.2 Å².